The lowest BCUT2D eigenvalue weighted by atomic mass is 10.1. The van der Waals surface area contributed by atoms with E-state index in [2.05, 4.69) is 33.4 Å². The Morgan fingerprint density at radius 2 is 1.71 bits per heavy atom. The van der Waals surface area contributed by atoms with E-state index in [9.17, 15) is 18.5 Å². The van der Waals surface area contributed by atoms with Gasteiger partial charge >= 0.3 is 0 Å². The van der Waals surface area contributed by atoms with Crippen LogP contribution in [0.25, 0.3) is 0 Å². The van der Waals surface area contributed by atoms with E-state index in [1.54, 1.807) is 0 Å². The first-order valence-corrected chi connectivity index (χ1v) is 9.94. The van der Waals surface area contributed by atoms with Crippen molar-refractivity contribution in [1.82, 2.24) is 4.72 Å². The molecule has 0 spiro atoms. The summed E-state index contributed by atoms with van der Waals surface area (Å²) in [4.78, 5) is 10.1. The summed E-state index contributed by atoms with van der Waals surface area (Å²) in [7, 11) is -3.63. The van der Waals surface area contributed by atoms with E-state index in [1.807, 2.05) is 18.2 Å². The number of halogens is 1. The number of unbranched alkanes of at least 4 members (excludes halogenated alkanes) is 1. The summed E-state index contributed by atoms with van der Waals surface area (Å²) in [6, 6.07) is 13.0. The van der Waals surface area contributed by atoms with Crippen molar-refractivity contribution >= 4 is 38.3 Å². The quantitative estimate of drug-likeness (QED) is 0.283. The molecule has 8 heteroatoms. The highest BCUT2D eigenvalue weighted by molar-refractivity contribution is 14.1. The summed E-state index contributed by atoms with van der Waals surface area (Å²) in [5.74, 6) is 0. The Labute approximate surface area is 154 Å². The first kappa shape index (κ1) is 18.8. The number of hydrogen-bond acceptors (Lipinski definition) is 4. The lowest BCUT2D eigenvalue weighted by molar-refractivity contribution is -0.384. The van der Waals surface area contributed by atoms with Crippen molar-refractivity contribution in [2.75, 3.05) is 6.54 Å². The molecule has 0 atom stereocenters. The number of nitrogens with one attached hydrogen (secondary N) is 1. The molecule has 0 saturated heterocycles. The molecule has 0 unspecified atom stereocenters. The summed E-state index contributed by atoms with van der Waals surface area (Å²) in [5.41, 5.74) is 1.13. The topological polar surface area (TPSA) is 89.3 Å². The van der Waals surface area contributed by atoms with Crippen LogP contribution in [0.2, 0.25) is 0 Å². The molecule has 0 aliphatic heterocycles. The van der Waals surface area contributed by atoms with Crippen LogP contribution in [0.1, 0.15) is 18.4 Å². The number of rotatable bonds is 8. The highest BCUT2D eigenvalue weighted by Crippen LogP contribution is 2.16. The number of aryl methyl sites for hydroxylation is 1. The van der Waals surface area contributed by atoms with Gasteiger partial charge in [0.2, 0.25) is 10.0 Å². The molecule has 6 nitrogen and oxygen atoms in total. The lowest BCUT2D eigenvalue weighted by Gasteiger charge is -2.07. The van der Waals surface area contributed by atoms with E-state index < -0.39 is 14.9 Å². The van der Waals surface area contributed by atoms with Crippen molar-refractivity contribution in [1.29, 1.82) is 0 Å². The molecule has 0 aromatic heterocycles. The molecule has 0 radical (unpaired) electrons. The molecule has 0 saturated carbocycles. The molecule has 2 aromatic rings. The predicted molar refractivity (Wildman–Crippen MR) is 100 cm³/mol. The molecular formula is C16H17IN2O4S. The minimum Gasteiger partial charge on any atom is -0.258 e. The zero-order valence-electron chi connectivity index (χ0n) is 12.8. The number of nitro groups is 1. The molecule has 128 valence electrons. The van der Waals surface area contributed by atoms with Crippen molar-refractivity contribution in [3.63, 3.8) is 0 Å². The van der Waals surface area contributed by atoms with E-state index in [-0.39, 0.29) is 10.6 Å². The second kappa shape index (κ2) is 8.54. The van der Waals surface area contributed by atoms with Crippen LogP contribution in [0.3, 0.4) is 0 Å². The highest BCUT2D eigenvalue weighted by Gasteiger charge is 2.15. The second-order valence-electron chi connectivity index (χ2n) is 5.20. The monoisotopic (exact) mass is 460 g/mol. The molecule has 24 heavy (non-hydrogen) atoms. The van der Waals surface area contributed by atoms with Gasteiger partial charge in [0.1, 0.15) is 0 Å². The third-order valence-electron chi connectivity index (χ3n) is 3.48. The second-order valence-corrected chi connectivity index (χ2v) is 8.13. The molecule has 0 aliphatic rings. The van der Waals surface area contributed by atoms with E-state index in [0.29, 0.717) is 6.54 Å². The summed E-state index contributed by atoms with van der Waals surface area (Å²) < 4.78 is 28.0. The SMILES string of the molecule is O=[N+]([O-])c1ccc(S(=O)(=O)NCCCCc2ccccc2I)cc1. The highest BCUT2D eigenvalue weighted by atomic mass is 127. The van der Waals surface area contributed by atoms with Crippen molar-refractivity contribution in [2.45, 2.75) is 24.2 Å². The molecule has 2 rings (SSSR count). The molecule has 0 fully saturated rings. The number of nitro benzene ring substituents is 1. The van der Waals surface area contributed by atoms with Gasteiger partial charge in [-0.1, -0.05) is 18.2 Å². The van der Waals surface area contributed by atoms with Crippen molar-refractivity contribution in [3.05, 3.63) is 67.8 Å². The summed E-state index contributed by atoms with van der Waals surface area (Å²) in [6.45, 7) is 0.336. The fourth-order valence-electron chi connectivity index (χ4n) is 2.18. The molecule has 0 bridgehead atoms. The van der Waals surface area contributed by atoms with Crippen LogP contribution in [0.15, 0.2) is 53.4 Å². The van der Waals surface area contributed by atoms with Gasteiger partial charge in [0.25, 0.3) is 5.69 Å². The fourth-order valence-corrected chi connectivity index (χ4v) is 3.91. The first-order chi connectivity index (χ1) is 11.4. The molecule has 2 aromatic carbocycles. The Morgan fingerprint density at radius 1 is 1.04 bits per heavy atom. The van der Waals surface area contributed by atoms with Gasteiger partial charge in [-0.2, -0.15) is 0 Å². The molecular weight excluding hydrogens is 443 g/mol. The van der Waals surface area contributed by atoms with Gasteiger partial charge in [0.05, 0.1) is 9.82 Å². The van der Waals surface area contributed by atoms with Gasteiger partial charge in [-0.3, -0.25) is 10.1 Å². The Balaban J connectivity index is 1.82. The maximum atomic E-state index is 12.1. The molecule has 0 heterocycles. The van der Waals surface area contributed by atoms with Gasteiger partial charge < -0.3 is 0 Å². The average molecular weight is 460 g/mol. The summed E-state index contributed by atoms with van der Waals surface area (Å²) in [5, 5.41) is 10.6. The van der Waals surface area contributed by atoms with Gasteiger partial charge in [0.15, 0.2) is 0 Å². The normalized spacial score (nSPS) is 11.4. The summed E-state index contributed by atoms with van der Waals surface area (Å²) >= 11 is 2.29. The smallest absolute Gasteiger partial charge is 0.258 e. The zero-order valence-corrected chi connectivity index (χ0v) is 15.8. The Morgan fingerprint density at radius 3 is 2.33 bits per heavy atom. The van der Waals surface area contributed by atoms with Crippen LogP contribution in [0.5, 0.6) is 0 Å². The first-order valence-electron chi connectivity index (χ1n) is 7.38. The third-order valence-corrected chi connectivity index (χ3v) is 6.01. The van der Waals surface area contributed by atoms with Crippen LogP contribution in [0.4, 0.5) is 5.69 Å². The Bertz CT molecular complexity index is 807. The fraction of sp³-hybridized carbons (Fsp3) is 0.250. The molecule has 1 N–H and O–H groups in total. The van der Waals surface area contributed by atoms with Crippen LogP contribution in [-0.4, -0.2) is 19.9 Å². The van der Waals surface area contributed by atoms with E-state index in [4.69, 9.17) is 0 Å². The van der Waals surface area contributed by atoms with Crippen molar-refractivity contribution in [3.8, 4) is 0 Å². The third kappa shape index (κ3) is 5.25. The van der Waals surface area contributed by atoms with Gasteiger partial charge in [-0.05, 0) is 65.6 Å². The van der Waals surface area contributed by atoms with E-state index in [1.165, 1.54) is 33.4 Å². The minimum atomic E-state index is -3.63. The average Bonchev–Trinajstić information content (AvgIpc) is 2.56. The summed E-state index contributed by atoms with van der Waals surface area (Å²) in [6.07, 6.45) is 2.50. The molecule has 0 aliphatic carbocycles. The van der Waals surface area contributed by atoms with Crippen molar-refractivity contribution in [2.24, 2.45) is 0 Å². The maximum absolute atomic E-state index is 12.1. The number of nitrogens with zero attached hydrogens (tertiary/aromatic N) is 1. The van der Waals surface area contributed by atoms with Crippen LogP contribution < -0.4 is 4.72 Å². The maximum Gasteiger partial charge on any atom is 0.269 e. The minimum absolute atomic E-state index is 0.0331. The Kier molecular flexibility index (Phi) is 6.69. The Hall–Kier alpha value is -1.52. The van der Waals surface area contributed by atoms with Crippen molar-refractivity contribution < 1.29 is 13.3 Å². The van der Waals surface area contributed by atoms with E-state index in [0.717, 1.165) is 19.3 Å². The largest absolute Gasteiger partial charge is 0.269 e. The standard InChI is InChI=1S/C16H17IN2O4S/c17-16-7-2-1-5-13(16)6-3-4-12-18-24(22,23)15-10-8-14(9-11-15)19(20)21/h1-2,5,7-11,18H,3-4,6,12H2. The molecule has 0 amide bonds. The number of hydrogen-bond donors (Lipinski definition) is 1. The zero-order chi connectivity index (χ0) is 17.6. The van der Waals surface area contributed by atoms with Crippen LogP contribution in [-0.2, 0) is 16.4 Å². The van der Waals surface area contributed by atoms with Gasteiger partial charge in [-0.15, -0.1) is 0 Å². The lowest BCUT2D eigenvalue weighted by Crippen LogP contribution is -2.24. The predicted octanol–water partition coefficient (Wildman–Crippen LogP) is 3.50. The van der Waals surface area contributed by atoms with Gasteiger partial charge in [-0.25, -0.2) is 13.1 Å². The van der Waals surface area contributed by atoms with E-state index >= 15 is 0 Å². The number of benzene rings is 2. The van der Waals surface area contributed by atoms with Gasteiger partial charge in [0, 0.05) is 22.2 Å². The number of non-ortho nitro benzene ring substituents is 1. The number of sulfonamides is 1. The van der Waals surface area contributed by atoms with Crippen LogP contribution >= 0.6 is 22.6 Å². The van der Waals surface area contributed by atoms with Crippen LogP contribution in [0, 0.1) is 13.7 Å².